The number of nitrogens with two attached hydrogens (primary N) is 1. The van der Waals surface area contributed by atoms with E-state index in [0.29, 0.717) is 11.3 Å². The molecule has 3 rings (SSSR count). The lowest BCUT2D eigenvalue weighted by Gasteiger charge is -2.34. The number of benzene rings is 1. The number of alkyl halides is 1. The van der Waals surface area contributed by atoms with Crippen LogP contribution >= 0.6 is 11.8 Å². The number of rotatable bonds is 5. The number of aliphatic imine (C=N–C) groups is 1. The maximum Gasteiger partial charge on any atom is 0.274 e. The van der Waals surface area contributed by atoms with E-state index in [4.69, 9.17) is 10.5 Å². The molecule has 6 nitrogen and oxygen atoms in total. The van der Waals surface area contributed by atoms with Gasteiger partial charge in [-0.15, -0.1) is 0 Å². The van der Waals surface area contributed by atoms with Crippen molar-refractivity contribution in [2.75, 3.05) is 19.1 Å². The highest BCUT2D eigenvalue weighted by molar-refractivity contribution is 8.14. The van der Waals surface area contributed by atoms with Crippen LogP contribution in [0.1, 0.15) is 35.0 Å². The third-order valence-electron chi connectivity index (χ3n) is 4.78. The first-order valence-corrected chi connectivity index (χ1v) is 9.96. The minimum Gasteiger partial charge on any atom is -0.495 e. The Hall–Kier alpha value is -2.75. The molecule has 3 N–H and O–H groups in total. The van der Waals surface area contributed by atoms with Crippen LogP contribution in [0.15, 0.2) is 29.4 Å². The van der Waals surface area contributed by atoms with Crippen molar-refractivity contribution in [2.24, 2.45) is 10.7 Å². The van der Waals surface area contributed by atoms with Crippen molar-refractivity contribution in [1.82, 2.24) is 4.98 Å². The Morgan fingerprint density at radius 2 is 2.13 bits per heavy atom. The SMILES string of the molecule is COc1cnc(C(=O)Nc2cc(F)c(F)c([C@]3(CF)C[C@@H](C)SC(N)=N3)c2)c(C)c1. The van der Waals surface area contributed by atoms with Crippen molar-refractivity contribution in [2.45, 2.75) is 31.1 Å². The zero-order valence-electron chi connectivity index (χ0n) is 16.6. The molecule has 0 radical (unpaired) electrons. The van der Waals surface area contributed by atoms with Gasteiger partial charge in [-0.3, -0.25) is 4.79 Å². The Balaban J connectivity index is 1.99. The predicted octanol–water partition coefficient (Wildman–Crippen LogP) is 3.93. The molecule has 2 aromatic rings. The molecule has 1 aromatic carbocycles. The van der Waals surface area contributed by atoms with Gasteiger partial charge in [0.2, 0.25) is 0 Å². The maximum absolute atomic E-state index is 14.7. The first-order valence-electron chi connectivity index (χ1n) is 9.08. The molecule has 1 amide bonds. The van der Waals surface area contributed by atoms with Gasteiger partial charge in [-0.1, -0.05) is 18.7 Å². The number of hydrogen-bond acceptors (Lipinski definition) is 6. The molecule has 0 bridgehead atoms. The number of anilines is 1. The normalized spacial score (nSPS) is 21.1. The number of methoxy groups -OCH3 is 1. The molecule has 2 heterocycles. The van der Waals surface area contributed by atoms with Gasteiger partial charge in [0.1, 0.15) is 23.7 Å². The van der Waals surface area contributed by atoms with Crippen LogP contribution in [0.25, 0.3) is 0 Å². The van der Waals surface area contributed by atoms with E-state index in [0.717, 1.165) is 6.07 Å². The molecule has 30 heavy (non-hydrogen) atoms. The fourth-order valence-corrected chi connectivity index (χ4v) is 4.42. The third-order valence-corrected chi connectivity index (χ3v) is 5.69. The van der Waals surface area contributed by atoms with Crippen LogP contribution < -0.4 is 15.8 Å². The van der Waals surface area contributed by atoms with E-state index in [1.165, 1.54) is 31.1 Å². The topological polar surface area (TPSA) is 89.6 Å². The Labute approximate surface area is 176 Å². The number of carbonyl (C=O) groups excluding carboxylic acids is 1. The van der Waals surface area contributed by atoms with Crippen molar-refractivity contribution < 1.29 is 22.7 Å². The lowest BCUT2D eigenvalue weighted by Crippen LogP contribution is -2.37. The second-order valence-electron chi connectivity index (χ2n) is 7.06. The van der Waals surface area contributed by atoms with Crippen LogP contribution in [-0.4, -0.2) is 35.1 Å². The Kier molecular flexibility index (Phi) is 6.25. The van der Waals surface area contributed by atoms with Gasteiger partial charge in [0.05, 0.1) is 13.3 Å². The zero-order chi connectivity index (χ0) is 22.1. The first kappa shape index (κ1) is 21.9. The smallest absolute Gasteiger partial charge is 0.274 e. The largest absolute Gasteiger partial charge is 0.495 e. The van der Waals surface area contributed by atoms with Crippen molar-refractivity contribution >= 4 is 28.5 Å². The number of halogens is 3. The van der Waals surface area contributed by atoms with Crippen molar-refractivity contribution in [3.63, 3.8) is 0 Å². The highest BCUT2D eigenvalue weighted by Crippen LogP contribution is 2.42. The van der Waals surface area contributed by atoms with Crippen LogP contribution in [0.4, 0.5) is 18.9 Å². The number of nitrogens with zero attached hydrogens (tertiary/aromatic N) is 2. The molecule has 0 unspecified atom stereocenters. The van der Waals surface area contributed by atoms with Gasteiger partial charge in [-0.2, -0.15) is 0 Å². The molecule has 10 heteroatoms. The predicted molar refractivity (Wildman–Crippen MR) is 111 cm³/mol. The number of amides is 1. The third kappa shape index (κ3) is 4.23. The highest BCUT2D eigenvalue weighted by Gasteiger charge is 2.41. The number of thioether (sulfide) groups is 1. The van der Waals surface area contributed by atoms with Gasteiger partial charge in [0.25, 0.3) is 5.91 Å². The first-order chi connectivity index (χ1) is 14.2. The number of aromatic nitrogens is 1. The average molecular weight is 438 g/mol. The molecule has 2 atom stereocenters. The fourth-order valence-electron chi connectivity index (χ4n) is 3.42. The Bertz CT molecular complexity index is 1020. The summed E-state index contributed by atoms with van der Waals surface area (Å²) in [5, 5.41) is 2.44. The van der Waals surface area contributed by atoms with Gasteiger partial charge in [-0.05, 0) is 31.0 Å². The molecule has 0 aliphatic carbocycles. The van der Waals surface area contributed by atoms with Crippen molar-refractivity contribution in [3.8, 4) is 5.75 Å². The average Bonchev–Trinajstić information content (AvgIpc) is 2.69. The number of nitrogens with one attached hydrogen (secondary N) is 1. The summed E-state index contributed by atoms with van der Waals surface area (Å²) < 4.78 is 48.2. The number of hydrogen-bond donors (Lipinski definition) is 2. The van der Waals surface area contributed by atoms with E-state index < -0.39 is 29.8 Å². The maximum atomic E-state index is 14.7. The monoisotopic (exact) mass is 438 g/mol. The van der Waals surface area contributed by atoms with E-state index in [1.807, 2.05) is 0 Å². The molecule has 160 valence electrons. The molecule has 1 aliphatic rings. The van der Waals surface area contributed by atoms with Crippen molar-refractivity contribution in [3.05, 3.63) is 52.9 Å². The van der Waals surface area contributed by atoms with E-state index >= 15 is 0 Å². The van der Waals surface area contributed by atoms with E-state index in [1.54, 1.807) is 19.9 Å². The summed E-state index contributed by atoms with van der Waals surface area (Å²) in [6.07, 6.45) is 1.50. The Morgan fingerprint density at radius 3 is 2.73 bits per heavy atom. The number of aryl methyl sites for hydroxylation is 1. The second kappa shape index (κ2) is 8.55. The number of carbonyl (C=O) groups is 1. The standard InChI is InChI=1S/C20H21F3N4O2S/c1-10-4-13(29-3)8-25-17(10)18(28)26-12-5-14(16(23)15(22)6-12)20(9-21)7-11(2)30-19(24)27-20/h4-6,8,11H,7,9H2,1-3H3,(H2,24,27)(H,26,28)/t11-,20-/m1/s1. The van der Waals surface area contributed by atoms with Gasteiger partial charge in [0.15, 0.2) is 16.8 Å². The molecule has 0 fully saturated rings. The van der Waals surface area contributed by atoms with Crippen LogP contribution in [-0.2, 0) is 5.54 Å². The summed E-state index contributed by atoms with van der Waals surface area (Å²) >= 11 is 1.24. The van der Waals surface area contributed by atoms with Gasteiger partial charge in [-0.25, -0.2) is 23.1 Å². The summed E-state index contributed by atoms with van der Waals surface area (Å²) in [5.74, 6) is -2.60. The zero-order valence-corrected chi connectivity index (χ0v) is 17.4. The van der Waals surface area contributed by atoms with E-state index in [2.05, 4.69) is 15.3 Å². The summed E-state index contributed by atoms with van der Waals surface area (Å²) in [4.78, 5) is 20.8. The fraction of sp³-hybridized carbons (Fsp3) is 0.350. The van der Waals surface area contributed by atoms with Gasteiger partial charge in [0, 0.05) is 22.6 Å². The summed E-state index contributed by atoms with van der Waals surface area (Å²) in [7, 11) is 1.47. The molecule has 0 saturated heterocycles. The number of pyridine rings is 1. The molecular weight excluding hydrogens is 417 g/mol. The van der Waals surface area contributed by atoms with Gasteiger partial charge < -0.3 is 15.8 Å². The van der Waals surface area contributed by atoms with Crippen LogP contribution in [0, 0.1) is 18.6 Å². The quantitative estimate of drug-likeness (QED) is 0.738. The summed E-state index contributed by atoms with van der Waals surface area (Å²) in [6.45, 7) is 2.40. The molecule has 0 spiro atoms. The number of amidine groups is 1. The van der Waals surface area contributed by atoms with E-state index in [9.17, 15) is 18.0 Å². The van der Waals surface area contributed by atoms with E-state index in [-0.39, 0.29) is 33.8 Å². The van der Waals surface area contributed by atoms with Crippen LogP contribution in [0.2, 0.25) is 0 Å². The minimum absolute atomic E-state index is 0.0432. The summed E-state index contributed by atoms with van der Waals surface area (Å²) in [5.41, 5.74) is 4.40. The Morgan fingerprint density at radius 1 is 1.40 bits per heavy atom. The lowest BCUT2D eigenvalue weighted by molar-refractivity contribution is 0.102. The summed E-state index contributed by atoms with van der Waals surface area (Å²) in [6, 6.07) is 3.64. The van der Waals surface area contributed by atoms with Crippen molar-refractivity contribution in [1.29, 1.82) is 0 Å². The molecule has 1 aliphatic heterocycles. The van der Waals surface area contributed by atoms with Crippen LogP contribution in [0.5, 0.6) is 5.75 Å². The molecular formula is C20H21F3N4O2S. The van der Waals surface area contributed by atoms with Gasteiger partial charge >= 0.3 is 0 Å². The molecule has 1 aromatic heterocycles. The lowest BCUT2D eigenvalue weighted by atomic mass is 9.86. The minimum atomic E-state index is -1.66. The second-order valence-corrected chi connectivity index (χ2v) is 8.52. The number of ether oxygens (including phenoxy) is 1. The molecule has 0 saturated carbocycles. The van der Waals surface area contributed by atoms with Crippen LogP contribution in [0.3, 0.4) is 0 Å². The highest BCUT2D eigenvalue weighted by atomic mass is 32.2.